The van der Waals surface area contributed by atoms with Crippen LogP contribution in [0.1, 0.15) is 40.7 Å². The van der Waals surface area contributed by atoms with Crippen molar-refractivity contribution in [2.75, 3.05) is 5.32 Å². The maximum Gasteiger partial charge on any atom is 0.250 e. The van der Waals surface area contributed by atoms with E-state index in [-0.39, 0.29) is 5.91 Å². The molecule has 0 atom stereocenters. The Morgan fingerprint density at radius 3 is 2.73 bits per heavy atom. The van der Waals surface area contributed by atoms with Crippen molar-refractivity contribution in [3.05, 3.63) is 58.4 Å². The first-order chi connectivity index (χ1) is 12.6. The molecule has 0 unspecified atom stereocenters. The van der Waals surface area contributed by atoms with Crippen molar-refractivity contribution in [3.8, 4) is 5.69 Å². The number of aryl methyl sites for hydroxylation is 1. The Morgan fingerprint density at radius 1 is 1.23 bits per heavy atom. The predicted octanol–water partition coefficient (Wildman–Crippen LogP) is 3.87. The summed E-state index contributed by atoms with van der Waals surface area (Å²) in [4.78, 5) is 12.2. The molecule has 3 aromatic rings. The van der Waals surface area contributed by atoms with Crippen LogP contribution in [0.25, 0.3) is 11.8 Å². The molecule has 7 heteroatoms. The Balaban J connectivity index is 1.49. The Kier molecular flexibility index (Phi) is 4.38. The van der Waals surface area contributed by atoms with Gasteiger partial charge in [-0.05, 0) is 44.9 Å². The molecule has 0 bridgehead atoms. The Bertz CT molecular complexity index is 969. The number of para-hydroxylation sites is 1. The van der Waals surface area contributed by atoms with Gasteiger partial charge < -0.3 is 0 Å². The molecule has 1 aromatic carbocycles. The summed E-state index contributed by atoms with van der Waals surface area (Å²) in [7, 11) is 0. The van der Waals surface area contributed by atoms with Gasteiger partial charge in [-0.3, -0.25) is 10.1 Å². The summed E-state index contributed by atoms with van der Waals surface area (Å²) in [6.07, 6.45) is 5.67. The van der Waals surface area contributed by atoms with Gasteiger partial charge in [0.15, 0.2) is 0 Å². The fourth-order valence-corrected chi connectivity index (χ4v) is 3.72. The number of anilines is 1. The fourth-order valence-electron chi connectivity index (χ4n) is 2.80. The third-order valence-corrected chi connectivity index (χ3v) is 5.35. The molecule has 1 N–H and O–H groups in total. The number of nitrogens with one attached hydrogen (secondary N) is 1. The van der Waals surface area contributed by atoms with Crippen molar-refractivity contribution in [2.45, 2.75) is 32.6 Å². The largest absolute Gasteiger partial charge is 0.297 e. The van der Waals surface area contributed by atoms with Crippen LogP contribution in [0.2, 0.25) is 0 Å². The standard InChI is InChI=1S/C19H19N5OS/c1-12-16(13(2)24(23-12)15-6-4-3-5-7-15)10-11-17(25)20-19-22-21-18(26-19)14-8-9-14/h3-7,10-11,14H,8-9H2,1-2H3,(H,20,22,25)/b11-10+. The van der Waals surface area contributed by atoms with Crippen LogP contribution in [0.4, 0.5) is 5.13 Å². The fraction of sp³-hybridized carbons (Fsp3) is 0.263. The number of hydrogen-bond donors (Lipinski definition) is 1. The smallest absolute Gasteiger partial charge is 0.250 e. The minimum atomic E-state index is -0.213. The predicted molar refractivity (Wildman–Crippen MR) is 103 cm³/mol. The quantitative estimate of drug-likeness (QED) is 0.697. The summed E-state index contributed by atoms with van der Waals surface area (Å²) in [5.74, 6) is 0.331. The molecule has 1 fully saturated rings. The molecular formula is C19H19N5OS. The molecule has 0 radical (unpaired) electrons. The molecule has 132 valence electrons. The number of carbonyl (C=O) groups excluding carboxylic acids is 1. The first-order valence-corrected chi connectivity index (χ1v) is 9.37. The van der Waals surface area contributed by atoms with E-state index < -0.39 is 0 Å². The van der Waals surface area contributed by atoms with Gasteiger partial charge in [-0.1, -0.05) is 29.5 Å². The molecule has 2 aromatic heterocycles. The zero-order valence-corrected chi connectivity index (χ0v) is 15.5. The van der Waals surface area contributed by atoms with Crippen molar-refractivity contribution in [2.24, 2.45) is 0 Å². The number of hydrogen-bond acceptors (Lipinski definition) is 5. The topological polar surface area (TPSA) is 72.7 Å². The SMILES string of the molecule is Cc1nn(-c2ccccc2)c(C)c1/C=C/C(=O)Nc1nnc(C2CC2)s1. The second-order valence-electron chi connectivity index (χ2n) is 6.37. The molecule has 4 rings (SSSR count). The normalized spacial score (nSPS) is 14.1. The molecule has 1 aliphatic rings. The van der Waals surface area contributed by atoms with E-state index in [0.717, 1.165) is 27.6 Å². The van der Waals surface area contributed by atoms with Crippen molar-refractivity contribution >= 4 is 28.5 Å². The maximum atomic E-state index is 12.2. The van der Waals surface area contributed by atoms with Crippen LogP contribution in [0.3, 0.4) is 0 Å². The summed E-state index contributed by atoms with van der Waals surface area (Å²) in [5.41, 5.74) is 3.81. The van der Waals surface area contributed by atoms with Crippen LogP contribution in [-0.4, -0.2) is 25.9 Å². The highest BCUT2D eigenvalue weighted by atomic mass is 32.1. The highest BCUT2D eigenvalue weighted by molar-refractivity contribution is 7.15. The van der Waals surface area contributed by atoms with Gasteiger partial charge in [0, 0.05) is 23.3 Å². The Morgan fingerprint density at radius 2 is 2.00 bits per heavy atom. The lowest BCUT2D eigenvalue weighted by Gasteiger charge is -2.03. The molecule has 26 heavy (non-hydrogen) atoms. The number of carbonyl (C=O) groups is 1. The average molecular weight is 365 g/mol. The molecule has 0 aliphatic heterocycles. The van der Waals surface area contributed by atoms with E-state index in [9.17, 15) is 4.79 Å². The molecule has 1 aliphatic carbocycles. The van der Waals surface area contributed by atoms with Gasteiger partial charge in [0.25, 0.3) is 0 Å². The number of rotatable bonds is 5. The van der Waals surface area contributed by atoms with Crippen molar-refractivity contribution in [1.29, 1.82) is 0 Å². The number of benzene rings is 1. The summed E-state index contributed by atoms with van der Waals surface area (Å²) in [5, 5.41) is 17.1. The van der Waals surface area contributed by atoms with Crippen molar-refractivity contribution in [3.63, 3.8) is 0 Å². The van der Waals surface area contributed by atoms with Gasteiger partial charge in [0.1, 0.15) is 5.01 Å². The second-order valence-corrected chi connectivity index (χ2v) is 7.38. The third-order valence-electron chi connectivity index (χ3n) is 4.35. The lowest BCUT2D eigenvalue weighted by atomic mass is 10.2. The lowest BCUT2D eigenvalue weighted by Crippen LogP contribution is -2.07. The van der Waals surface area contributed by atoms with Crippen LogP contribution >= 0.6 is 11.3 Å². The molecule has 2 heterocycles. The van der Waals surface area contributed by atoms with E-state index in [1.807, 2.05) is 48.9 Å². The first-order valence-electron chi connectivity index (χ1n) is 8.56. The Labute approximate surface area is 155 Å². The van der Waals surface area contributed by atoms with E-state index in [0.29, 0.717) is 11.0 Å². The number of amides is 1. The van der Waals surface area contributed by atoms with Crippen LogP contribution in [-0.2, 0) is 4.79 Å². The van der Waals surface area contributed by atoms with Crippen LogP contribution in [0.15, 0.2) is 36.4 Å². The number of nitrogens with zero attached hydrogens (tertiary/aromatic N) is 4. The van der Waals surface area contributed by atoms with E-state index in [1.54, 1.807) is 6.08 Å². The zero-order chi connectivity index (χ0) is 18.1. The van der Waals surface area contributed by atoms with E-state index in [2.05, 4.69) is 20.6 Å². The monoisotopic (exact) mass is 365 g/mol. The molecule has 1 saturated carbocycles. The molecule has 1 amide bonds. The molecular weight excluding hydrogens is 346 g/mol. The molecule has 6 nitrogen and oxygen atoms in total. The van der Waals surface area contributed by atoms with E-state index in [4.69, 9.17) is 0 Å². The second kappa shape index (κ2) is 6.84. The molecule has 0 spiro atoms. The average Bonchev–Trinajstić information content (AvgIpc) is 3.33. The highest BCUT2D eigenvalue weighted by Crippen LogP contribution is 2.42. The van der Waals surface area contributed by atoms with Gasteiger partial charge >= 0.3 is 0 Å². The highest BCUT2D eigenvalue weighted by Gasteiger charge is 2.27. The van der Waals surface area contributed by atoms with Crippen molar-refractivity contribution in [1.82, 2.24) is 20.0 Å². The van der Waals surface area contributed by atoms with Crippen LogP contribution in [0, 0.1) is 13.8 Å². The van der Waals surface area contributed by atoms with Crippen LogP contribution in [0.5, 0.6) is 0 Å². The van der Waals surface area contributed by atoms with Crippen LogP contribution < -0.4 is 5.32 Å². The summed E-state index contributed by atoms with van der Waals surface area (Å²) in [6.45, 7) is 3.94. The van der Waals surface area contributed by atoms with E-state index >= 15 is 0 Å². The van der Waals surface area contributed by atoms with Gasteiger partial charge in [0.2, 0.25) is 11.0 Å². The maximum absolute atomic E-state index is 12.2. The zero-order valence-electron chi connectivity index (χ0n) is 14.6. The minimum absolute atomic E-state index is 0.213. The van der Waals surface area contributed by atoms with Crippen molar-refractivity contribution < 1.29 is 4.79 Å². The van der Waals surface area contributed by atoms with Gasteiger partial charge in [-0.15, -0.1) is 10.2 Å². The van der Waals surface area contributed by atoms with Gasteiger partial charge in [0.05, 0.1) is 11.4 Å². The minimum Gasteiger partial charge on any atom is -0.297 e. The number of aromatic nitrogens is 4. The van der Waals surface area contributed by atoms with Gasteiger partial charge in [-0.2, -0.15) is 5.10 Å². The van der Waals surface area contributed by atoms with Gasteiger partial charge in [-0.25, -0.2) is 4.68 Å². The third kappa shape index (κ3) is 3.43. The summed E-state index contributed by atoms with van der Waals surface area (Å²) in [6, 6.07) is 9.95. The summed E-state index contributed by atoms with van der Waals surface area (Å²) < 4.78 is 1.89. The van der Waals surface area contributed by atoms with E-state index in [1.165, 1.54) is 30.3 Å². The lowest BCUT2D eigenvalue weighted by molar-refractivity contribution is -0.111. The summed E-state index contributed by atoms with van der Waals surface area (Å²) >= 11 is 1.46. The molecule has 0 saturated heterocycles. The first kappa shape index (κ1) is 16.7. The Hall–Kier alpha value is -2.80.